The first-order valence-corrected chi connectivity index (χ1v) is 6.86. The first kappa shape index (κ1) is 12.4. The fraction of sp³-hybridized carbons (Fsp3) is 0.889. The first-order chi connectivity index (χ1) is 6.87. The molecule has 1 heterocycles. The first-order valence-electron chi connectivity index (χ1n) is 5.04. The summed E-state index contributed by atoms with van der Waals surface area (Å²) in [5, 5.41) is 0. The number of rotatable bonds is 3. The molecule has 1 rings (SSSR count). The van der Waals surface area contributed by atoms with Crippen LogP contribution in [0.4, 0.5) is 0 Å². The molecule has 5 nitrogen and oxygen atoms in total. The molecule has 88 valence electrons. The van der Waals surface area contributed by atoms with Crippen LogP contribution in [0.15, 0.2) is 0 Å². The number of carbonyl (C=O) groups is 1. The summed E-state index contributed by atoms with van der Waals surface area (Å²) in [5.41, 5.74) is 5.45. The molecule has 1 amide bonds. The number of hydrogen-bond donors (Lipinski definition) is 1. The van der Waals surface area contributed by atoms with Gasteiger partial charge in [0.05, 0.1) is 17.4 Å². The van der Waals surface area contributed by atoms with Crippen molar-refractivity contribution in [2.24, 2.45) is 11.7 Å². The van der Waals surface area contributed by atoms with Crippen LogP contribution in [-0.4, -0.2) is 50.4 Å². The van der Waals surface area contributed by atoms with Gasteiger partial charge in [-0.2, -0.15) is 0 Å². The quantitative estimate of drug-likeness (QED) is 0.695. The second-order valence-corrected chi connectivity index (χ2v) is 6.36. The van der Waals surface area contributed by atoms with Crippen molar-refractivity contribution in [3.05, 3.63) is 0 Å². The molecule has 0 aromatic rings. The SMILES string of the molecule is CC(CN)N(C)C(=O)C1CCS(=O)(=O)C1. The highest BCUT2D eigenvalue weighted by Crippen LogP contribution is 2.20. The maximum Gasteiger partial charge on any atom is 0.226 e. The van der Waals surface area contributed by atoms with E-state index in [4.69, 9.17) is 5.73 Å². The van der Waals surface area contributed by atoms with E-state index in [2.05, 4.69) is 0 Å². The lowest BCUT2D eigenvalue weighted by Gasteiger charge is -2.26. The molecular weight excluding hydrogens is 216 g/mol. The summed E-state index contributed by atoms with van der Waals surface area (Å²) < 4.78 is 22.4. The van der Waals surface area contributed by atoms with Gasteiger partial charge in [0.25, 0.3) is 0 Å². The summed E-state index contributed by atoms with van der Waals surface area (Å²) in [5.74, 6) is -0.343. The summed E-state index contributed by atoms with van der Waals surface area (Å²) in [4.78, 5) is 13.4. The monoisotopic (exact) mass is 234 g/mol. The molecule has 0 bridgehead atoms. The Morgan fingerprint density at radius 3 is 2.60 bits per heavy atom. The molecule has 6 heteroatoms. The van der Waals surface area contributed by atoms with E-state index in [1.54, 1.807) is 11.9 Å². The Morgan fingerprint density at radius 2 is 2.20 bits per heavy atom. The van der Waals surface area contributed by atoms with Crippen molar-refractivity contribution in [1.82, 2.24) is 4.90 Å². The van der Waals surface area contributed by atoms with Gasteiger partial charge in [-0.25, -0.2) is 8.42 Å². The predicted molar refractivity (Wildman–Crippen MR) is 58.0 cm³/mol. The molecule has 1 aliphatic rings. The summed E-state index contributed by atoms with van der Waals surface area (Å²) >= 11 is 0. The average Bonchev–Trinajstić information content (AvgIpc) is 2.55. The Hall–Kier alpha value is -0.620. The summed E-state index contributed by atoms with van der Waals surface area (Å²) in [6.07, 6.45) is 0.447. The van der Waals surface area contributed by atoms with Crippen LogP contribution in [0.3, 0.4) is 0 Å². The van der Waals surface area contributed by atoms with Crippen molar-refractivity contribution in [2.75, 3.05) is 25.1 Å². The summed E-state index contributed by atoms with van der Waals surface area (Å²) in [7, 11) is -1.31. The number of carbonyl (C=O) groups excluding carboxylic acids is 1. The number of likely N-dealkylation sites (N-methyl/N-ethyl adjacent to an activating group) is 1. The van der Waals surface area contributed by atoms with Gasteiger partial charge in [-0.05, 0) is 13.3 Å². The minimum absolute atomic E-state index is 0.00648. The normalized spacial score (nSPS) is 26.2. The van der Waals surface area contributed by atoms with Gasteiger partial charge in [0.15, 0.2) is 9.84 Å². The van der Waals surface area contributed by atoms with Crippen LogP contribution in [-0.2, 0) is 14.6 Å². The zero-order valence-corrected chi connectivity index (χ0v) is 9.96. The van der Waals surface area contributed by atoms with Gasteiger partial charge in [-0.1, -0.05) is 0 Å². The zero-order valence-electron chi connectivity index (χ0n) is 9.14. The van der Waals surface area contributed by atoms with Crippen molar-refractivity contribution in [1.29, 1.82) is 0 Å². The molecule has 0 spiro atoms. The third-order valence-electron chi connectivity index (χ3n) is 2.93. The molecule has 15 heavy (non-hydrogen) atoms. The van der Waals surface area contributed by atoms with Crippen LogP contribution in [0, 0.1) is 5.92 Å². The van der Waals surface area contributed by atoms with E-state index in [0.717, 1.165) is 0 Å². The van der Waals surface area contributed by atoms with Crippen molar-refractivity contribution in [2.45, 2.75) is 19.4 Å². The van der Waals surface area contributed by atoms with Crippen molar-refractivity contribution < 1.29 is 13.2 Å². The van der Waals surface area contributed by atoms with E-state index < -0.39 is 9.84 Å². The Labute approximate surface area is 90.5 Å². The van der Waals surface area contributed by atoms with E-state index in [-0.39, 0.29) is 29.4 Å². The molecule has 0 saturated carbocycles. The van der Waals surface area contributed by atoms with E-state index in [1.165, 1.54) is 0 Å². The molecule has 0 radical (unpaired) electrons. The molecule has 2 atom stereocenters. The van der Waals surface area contributed by atoms with Gasteiger partial charge >= 0.3 is 0 Å². The lowest BCUT2D eigenvalue weighted by Crippen LogP contribution is -2.43. The number of amides is 1. The maximum absolute atomic E-state index is 11.8. The van der Waals surface area contributed by atoms with Crippen LogP contribution in [0.5, 0.6) is 0 Å². The van der Waals surface area contributed by atoms with Crippen molar-refractivity contribution >= 4 is 15.7 Å². The van der Waals surface area contributed by atoms with Crippen molar-refractivity contribution in [3.8, 4) is 0 Å². The third kappa shape index (κ3) is 2.92. The smallest absolute Gasteiger partial charge is 0.226 e. The Morgan fingerprint density at radius 1 is 1.60 bits per heavy atom. The molecule has 1 aliphatic heterocycles. The number of sulfone groups is 1. The highest BCUT2D eigenvalue weighted by atomic mass is 32.2. The number of nitrogens with zero attached hydrogens (tertiary/aromatic N) is 1. The fourth-order valence-corrected chi connectivity index (χ4v) is 3.39. The topological polar surface area (TPSA) is 80.5 Å². The highest BCUT2D eigenvalue weighted by molar-refractivity contribution is 7.91. The largest absolute Gasteiger partial charge is 0.342 e. The van der Waals surface area contributed by atoms with Crippen molar-refractivity contribution in [3.63, 3.8) is 0 Å². The van der Waals surface area contributed by atoms with Gasteiger partial charge in [0.1, 0.15) is 0 Å². The molecule has 0 aliphatic carbocycles. The molecule has 1 fully saturated rings. The molecule has 0 aromatic heterocycles. The zero-order chi connectivity index (χ0) is 11.6. The maximum atomic E-state index is 11.8. The van der Waals surface area contributed by atoms with Gasteiger partial charge in [-0.15, -0.1) is 0 Å². The van der Waals surface area contributed by atoms with Crippen LogP contribution in [0.2, 0.25) is 0 Å². The van der Waals surface area contributed by atoms with Gasteiger partial charge in [0.2, 0.25) is 5.91 Å². The van der Waals surface area contributed by atoms with Crippen LogP contribution in [0.1, 0.15) is 13.3 Å². The molecular formula is C9H18N2O3S. The van der Waals surface area contributed by atoms with Crippen LogP contribution in [0.25, 0.3) is 0 Å². The van der Waals surface area contributed by atoms with Crippen LogP contribution < -0.4 is 5.73 Å². The lowest BCUT2D eigenvalue weighted by molar-refractivity contribution is -0.135. The van der Waals surface area contributed by atoms with Gasteiger partial charge in [0, 0.05) is 19.6 Å². The average molecular weight is 234 g/mol. The minimum atomic E-state index is -2.99. The molecule has 1 saturated heterocycles. The summed E-state index contributed by atoms with van der Waals surface area (Å²) in [6, 6.07) is -0.0409. The fourth-order valence-electron chi connectivity index (χ4n) is 1.65. The molecule has 2 unspecified atom stereocenters. The van der Waals surface area contributed by atoms with E-state index in [9.17, 15) is 13.2 Å². The second-order valence-electron chi connectivity index (χ2n) is 4.13. The number of nitrogens with two attached hydrogens (primary N) is 1. The Kier molecular flexibility index (Phi) is 3.72. The molecule has 2 N–H and O–H groups in total. The minimum Gasteiger partial charge on any atom is -0.342 e. The second kappa shape index (κ2) is 4.49. The van der Waals surface area contributed by atoms with E-state index >= 15 is 0 Å². The number of hydrogen-bond acceptors (Lipinski definition) is 4. The third-order valence-corrected chi connectivity index (χ3v) is 4.70. The van der Waals surface area contributed by atoms with E-state index in [1.807, 2.05) is 6.92 Å². The van der Waals surface area contributed by atoms with Gasteiger partial charge in [-0.3, -0.25) is 4.79 Å². The van der Waals surface area contributed by atoms with E-state index in [0.29, 0.717) is 13.0 Å². The lowest BCUT2D eigenvalue weighted by atomic mass is 10.1. The standard InChI is InChI=1S/C9H18N2O3S/c1-7(5-10)11(2)9(12)8-3-4-15(13,14)6-8/h7-8H,3-6,10H2,1-2H3. The highest BCUT2D eigenvalue weighted by Gasteiger charge is 2.35. The Bertz CT molecular complexity index is 339. The Balaban J connectivity index is 2.63. The molecule has 0 aromatic carbocycles. The van der Waals surface area contributed by atoms with Crippen LogP contribution >= 0.6 is 0 Å². The summed E-state index contributed by atoms with van der Waals surface area (Å²) in [6.45, 7) is 2.24. The predicted octanol–water partition coefficient (Wildman–Crippen LogP) is -0.773. The van der Waals surface area contributed by atoms with Gasteiger partial charge < -0.3 is 10.6 Å².